The first kappa shape index (κ1) is 11.9. The molecule has 0 spiro atoms. The van der Waals surface area contributed by atoms with Gasteiger partial charge in [0.05, 0.1) is 5.52 Å². The van der Waals surface area contributed by atoms with Crippen LogP contribution in [0.15, 0.2) is 27.5 Å². The molecule has 1 N–H and O–H groups in total. The molecule has 1 aromatic heterocycles. The molecule has 1 aromatic carbocycles. The summed E-state index contributed by atoms with van der Waals surface area (Å²) in [7, 11) is 0. The molecule has 4 nitrogen and oxygen atoms in total. The minimum absolute atomic E-state index is 0.0764. The van der Waals surface area contributed by atoms with Crippen LogP contribution in [0.4, 0.5) is 4.48 Å². The summed E-state index contributed by atoms with van der Waals surface area (Å²) in [6.45, 7) is 1.73. The molecule has 2 aromatic rings. The maximum atomic E-state index is 13.9. The Labute approximate surface area is 111 Å². The standard InChI is InChI=1S/C12H13BrFN3O/c13-8-1-2-10-11(7-8)16(12(18)17(10)14)9-3-5-15-6-4-9/h1-2,7,9,15H,3-6H2. The molecule has 1 aliphatic rings. The minimum atomic E-state index is -0.574. The van der Waals surface area contributed by atoms with E-state index in [2.05, 4.69) is 21.2 Å². The van der Waals surface area contributed by atoms with Gasteiger partial charge in [-0.2, -0.15) is 0 Å². The number of hydrogen-bond acceptors (Lipinski definition) is 2. The van der Waals surface area contributed by atoms with E-state index in [1.807, 2.05) is 0 Å². The molecule has 0 unspecified atom stereocenters. The Hall–Kier alpha value is -1.14. The third-order valence-electron chi connectivity index (χ3n) is 3.46. The fraction of sp³-hybridized carbons (Fsp3) is 0.417. The zero-order valence-corrected chi connectivity index (χ0v) is 11.3. The van der Waals surface area contributed by atoms with E-state index in [4.69, 9.17) is 0 Å². The average molecular weight is 314 g/mol. The number of nitrogens with one attached hydrogen (secondary N) is 1. The Morgan fingerprint density at radius 3 is 2.72 bits per heavy atom. The predicted octanol–water partition coefficient (Wildman–Crippen LogP) is 2.22. The van der Waals surface area contributed by atoms with Crippen LogP contribution in [0.5, 0.6) is 0 Å². The number of imidazole rings is 1. The lowest BCUT2D eigenvalue weighted by molar-refractivity contribution is 0.326. The summed E-state index contributed by atoms with van der Waals surface area (Å²) in [6.07, 6.45) is 1.71. The highest BCUT2D eigenvalue weighted by molar-refractivity contribution is 9.10. The lowest BCUT2D eigenvalue weighted by atomic mass is 10.1. The average Bonchev–Trinajstić information content (AvgIpc) is 2.63. The molecular formula is C12H13BrFN3O. The second-order valence-electron chi connectivity index (χ2n) is 4.55. The van der Waals surface area contributed by atoms with Gasteiger partial charge in [-0.15, -0.1) is 4.79 Å². The van der Waals surface area contributed by atoms with E-state index in [-0.39, 0.29) is 10.8 Å². The Bertz CT molecular complexity index is 643. The molecular weight excluding hydrogens is 301 g/mol. The normalized spacial score (nSPS) is 17.4. The largest absolute Gasteiger partial charge is 0.357 e. The van der Waals surface area contributed by atoms with Crippen LogP contribution in [-0.4, -0.2) is 22.4 Å². The molecule has 0 bridgehead atoms. The summed E-state index contributed by atoms with van der Waals surface area (Å²) in [4.78, 5) is 12.3. The van der Waals surface area contributed by atoms with Gasteiger partial charge >= 0.3 is 5.69 Å². The third-order valence-corrected chi connectivity index (χ3v) is 3.95. The van der Waals surface area contributed by atoms with Crippen molar-refractivity contribution in [1.29, 1.82) is 0 Å². The van der Waals surface area contributed by atoms with Gasteiger partial charge in [-0.25, -0.2) is 4.79 Å². The summed E-state index contributed by atoms with van der Waals surface area (Å²) in [6, 6.07) is 5.24. The second-order valence-corrected chi connectivity index (χ2v) is 5.46. The first-order valence-corrected chi connectivity index (χ1v) is 6.77. The molecule has 96 valence electrons. The third kappa shape index (κ3) is 1.80. The first-order valence-electron chi connectivity index (χ1n) is 5.98. The van der Waals surface area contributed by atoms with Gasteiger partial charge in [-0.05, 0) is 44.1 Å². The van der Waals surface area contributed by atoms with E-state index in [1.54, 1.807) is 22.8 Å². The van der Waals surface area contributed by atoms with Crippen LogP contribution in [-0.2, 0) is 0 Å². The fourth-order valence-electron chi connectivity index (χ4n) is 2.57. The van der Waals surface area contributed by atoms with Gasteiger partial charge in [0.1, 0.15) is 5.52 Å². The van der Waals surface area contributed by atoms with Crippen LogP contribution in [0, 0.1) is 0 Å². The Morgan fingerprint density at radius 1 is 1.28 bits per heavy atom. The molecule has 2 heterocycles. The predicted molar refractivity (Wildman–Crippen MR) is 71.5 cm³/mol. The van der Waals surface area contributed by atoms with Crippen molar-refractivity contribution in [3.8, 4) is 0 Å². The van der Waals surface area contributed by atoms with Gasteiger partial charge in [0.2, 0.25) is 0 Å². The van der Waals surface area contributed by atoms with E-state index in [9.17, 15) is 9.28 Å². The van der Waals surface area contributed by atoms with Gasteiger partial charge in [0.25, 0.3) is 0 Å². The fourth-order valence-corrected chi connectivity index (χ4v) is 2.92. The SMILES string of the molecule is O=c1n(F)c2ccc(Br)cc2n1C1CCNCC1. The number of aromatic nitrogens is 2. The van der Waals surface area contributed by atoms with Crippen molar-refractivity contribution in [1.82, 2.24) is 14.7 Å². The molecule has 1 fully saturated rings. The van der Waals surface area contributed by atoms with E-state index < -0.39 is 5.69 Å². The van der Waals surface area contributed by atoms with E-state index in [0.29, 0.717) is 11.0 Å². The van der Waals surface area contributed by atoms with E-state index in [0.717, 1.165) is 30.4 Å². The Kier molecular flexibility index (Phi) is 2.99. The lowest BCUT2D eigenvalue weighted by Gasteiger charge is -2.23. The topological polar surface area (TPSA) is 39.0 Å². The van der Waals surface area contributed by atoms with E-state index in [1.165, 1.54) is 0 Å². The highest BCUT2D eigenvalue weighted by atomic mass is 79.9. The van der Waals surface area contributed by atoms with Gasteiger partial charge in [-0.1, -0.05) is 20.4 Å². The highest BCUT2D eigenvalue weighted by Gasteiger charge is 2.22. The molecule has 0 saturated carbocycles. The summed E-state index contributed by atoms with van der Waals surface area (Å²) < 4.78 is 16.3. The maximum absolute atomic E-state index is 13.9. The summed E-state index contributed by atoms with van der Waals surface area (Å²) in [5.74, 6) is 0. The number of nitrogens with zero attached hydrogens (tertiary/aromatic N) is 2. The summed E-state index contributed by atoms with van der Waals surface area (Å²) in [5, 5.41) is 3.24. The number of hydrogen-bond donors (Lipinski definition) is 1. The van der Waals surface area contributed by atoms with Crippen LogP contribution >= 0.6 is 15.9 Å². The van der Waals surface area contributed by atoms with Crippen molar-refractivity contribution in [2.24, 2.45) is 0 Å². The molecule has 3 rings (SSSR count). The van der Waals surface area contributed by atoms with Crippen LogP contribution in [0.1, 0.15) is 18.9 Å². The minimum Gasteiger partial charge on any atom is -0.317 e. The van der Waals surface area contributed by atoms with Crippen molar-refractivity contribution in [3.63, 3.8) is 0 Å². The molecule has 0 radical (unpaired) electrons. The summed E-state index contributed by atoms with van der Waals surface area (Å²) >= 11 is 3.36. The van der Waals surface area contributed by atoms with Gasteiger partial charge in [-0.3, -0.25) is 4.57 Å². The summed E-state index contributed by atoms with van der Waals surface area (Å²) in [5.41, 5.74) is 0.417. The molecule has 1 saturated heterocycles. The van der Waals surface area contributed by atoms with Crippen LogP contribution in [0.2, 0.25) is 0 Å². The van der Waals surface area contributed by atoms with Crippen LogP contribution < -0.4 is 11.0 Å². The van der Waals surface area contributed by atoms with Crippen molar-refractivity contribution in [2.75, 3.05) is 13.1 Å². The quantitative estimate of drug-likeness (QED) is 0.877. The monoisotopic (exact) mass is 313 g/mol. The maximum Gasteiger partial charge on any atom is 0.357 e. The van der Waals surface area contributed by atoms with Crippen molar-refractivity contribution in [2.45, 2.75) is 18.9 Å². The number of piperidine rings is 1. The second kappa shape index (κ2) is 4.51. The number of rotatable bonds is 1. The van der Waals surface area contributed by atoms with Gasteiger partial charge in [0.15, 0.2) is 0 Å². The number of benzene rings is 1. The van der Waals surface area contributed by atoms with Gasteiger partial charge in [0, 0.05) is 10.5 Å². The van der Waals surface area contributed by atoms with Crippen LogP contribution in [0.25, 0.3) is 11.0 Å². The smallest absolute Gasteiger partial charge is 0.317 e. The van der Waals surface area contributed by atoms with Gasteiger partial charge < -0.3 is 5.32 Å². The molecule has 18 heavy (non-hydrogen) atoms. The Balaban J connectivity index is 2.23. The first-order chi connectivity index (χ1) is 8.68. The molecule has 0 amide bonds. The number of halogens is 2. The molecule has 6 heteroatoms. The molecule has 0 aliphatic carbocycles. The Morgan fingerprint density at radius 2 is 2.00 bits per heavy atom. The van der Waals surface area contributed by atoms with Crippen molar-refractivity contribution in [3.05, 3.63) is 33.2 Å². The zero-order valence-electron chi connectivity index (χ0n) is 9.70. The lowest BCUT2D eigenvalue weighted by Crippen LogP contribution is -2.34. The molecule has 0 atom stereocenters. The number of fused-ring (bicyclic) bond motifs is 1. The molecule has 1 aliphatic heterocycles. The zero-order chi connectivity index (χ0) is 12.7. The van der Waals surface area contributed by atoms with Crippen molar-refractivity contribution < 1.29 is 4.48 Å². The highest BCUT2D eigenvalue weighted by Crippen LogP contribution is 2.25. The van der Waals surface area contributed by atoms with Crippen LogP contribution in [0.3, 0.4) is 0 Å². The van der Waals surface area contributed by atoms with E-state index >= 15 is 0 Å². The van der Waals surface area contributed by atoms with Crippen molar-refractivity contribution >= 4 is 27.0 Å².